The highest BCUT2D eigenvalue weighted by atomic mass is 32.2. The van der Waals surface area contributed by atoms with Gasteiger partial charge in [-0.15, -0.1) is 11.8 Å². The minimum absolute atomic E-state index is 0.0254. The Hall–Kier alpha value is -1.00. The fourth-order valence-corrected chi connectivity index (χ4v) is 2.96. The van der Waals surface area contributed by atoms with Gasteiger partial charge in [0.2, 0.25) is 5.91 Å². The van der Waals surface area contributed by atoms with Gasteiger partial charge < -0.3 is 10.4 Å². The molecule has 1 unspecified atom stereocenters. The zero-order chi connectivity index (χ0) is 12.1. The van der Waals surface area contributed by atoms with Crippen LogP contribution in [0.15, 0.2) is 29.2 Å². The average molecular weight is 251 g/mol. The summed E-state index contributed by atoms with van der Waals surface area (Å²) in [6, 6.07) is 7.73. The van der Waals surface area contributed by atoms with E-state index in [9.17, 15) is 4.79 Å². The highest BCUT2D eigenvalue weighted by Gasteiger charge is 2.21. The van der Waals surface area contributed by atoms with E-state index >= 15 is 0 Å². The molecule has 1 heterocycles. The van der Waals surface area contributed by atoms with Crippen molar-refractivity contribution in [2.45, 2.75) is 36.0 Å². The Kier molecular flexibility index (Phi) is 4.45. The van der Waals surface area contributed by atoms with Gasteiger partial charge in [0.05, 0.1) is 11.9 Å². The highest BCUT2D eigenvalue weighted by molar-refractivity contribution is 8.00. The van der Waals surface area contributed by atoms with Crippen molar-refractivity contribution in [3.63, 3.8) is 0 Å². The van der Waals surface area contributed by atoms with E-state index < -0.39 is 0 Å². The lowest BCUT2D eigenvalue weighted by atomic mass is 10.2. The zero-order valence-electron chi connectivity index (χ0n) is 9.69. The summed E-state index contributed by atoms with van der Waals surface area (Å²) >= 11 is 1.61. The highest BCUT2D eigenvalue weighted by Crippen LogP contribution is 2.28. The zero-order valence-corrected chi connectivity index (χ0v) is 10.5. The van der Waals surface area contributed by atoms with Gasteiger partial charge in [-0.25, -0.2) is 0 Å². The van der Waals surface area contributed by atoms with Gasteiger partial charge in [0.15, 0.2) is 0 Å². The summed E-state index contributed by atoms with van der Waals surface area (Å²) in [7, 11) is 0. The molecular weight excluding hydrogens is 234 g/mol. The Labute approximate surface area is 106 Å². The van der Waals surface area contributed by atoms with Crippen LogP contribution >= 0.6 is 11.8 Å². The predicted molar refractivity (Wildman–Crippen MR) is 68.9 cm³/mol. The molecule has 0 aliphatic carbocycles. The maximum absolute atomic E-state index is 11.8. The molecule has 1 aliphatic rings. The summed E-state index contributed by atoms with van der Waals surface area (Å²) in [5.41, 5.74) is 0.902. The van der Waals surface area contributed by atoms with Crippen molar-refractivity contribution >= 4 is 17.7 Å². The van der Waals surface area contributed by atoms with Gasteiger partial charge in [-0.2, -0.15) is 0 Å². The first-order chi connectivity index (χ1) is 8.29. The normalized spacial score (nSPS) is 20.8. The molecule has 1 aromatic rings. The number of carbonyl (C=O) groups is 1. The van der Waals surface area contributed by atoms with Gasteiger partial charge in [0.1, 0.15) is 0 Å². The molecule has 0 aromatic heterocycles. The molecule has 1 aliphatic heterocycles. The molecule has 0 saturated carbocycles. The van der Waals surface area contributed by atoms with Gasteiger partial charge in [0, 0.05) is 11.4 Å². The molecular formula is C13H17NO2S. The van der Waals surface area contributed by atoms with Crippen molar-refractivity contribution in [2.24, 2.45) is 0 Å². The van der Waals surface area contributed by atoms with Gasteiger partial charge in [-0.3, -0.25) is 4.79 Å². The van der Waals surface area contributed by atoms with Crippen molar-refractivity contribution in [1.29, 1.82) is 0 Å². The van der Waals surface area contributed by atoms with Crippen LogP contribution in [-0.2, 0) is 11.4 Å². The lowest BCUT2D eigenvalue weighted by Crippen LogP contribution is -2.30. The maximum Gasteiger partial charge on any atom is 0.233 e. The predicted octanol–water partition coefficient (Wildman–Crippen LogP) is 1.94. The number of carbonyl (C=O) groups excluding carboxylic acids is 1. The van der Waals surface area contributed by atoms with Crippen LogP contribution in [0.4, 0.5) is 0 Å². The van der Waals surface area contributed by atoms with E-state index in [-0.39, 0.29) is 17.8 Å². The van der Waals surface area contributed by atoms with E-state index in [1.165, 1.54) is 0 Å². The summed E-state index contributed by atoms with van der Waals surface area (Å²) in [4.78, 5) is 12.9. The summed E-state index contributed by atoms with van der Waals surface area (Å²) < 4.78 is 0. The number of thioether (sulfide) groups is 1. The van der Waals surface area contributed by atoms with Crippen LogP contribution in [0.1, 0.15) is 24.8 Å². The standard InChI is InChI=1S/C13H17NO2S/c15-9-10-4-6-11(7-5-10)17-12-3-1-2-8-14-13(12)16/h4-7,12,15H,1-3,8-9H2,(H,14,16). The molecule has 4 heteroatoms. The number of aliphatic hydroxyl groups excluding tert-OH is 1. The largest absolute Gasteiger partial charge is 0.392 e. The molecule has 2 N–H and O–H groups in total. The number of benzene rings is 1. The molecule has 0 spiro atoms. The van der Waals surface area contributed by atoms with Crippen LogP contribution < -0.4 is 5.32 Å². The van der Waals surface area contributed by atoms with E-state index in [2.05, 4.69) is 5.32 Å². The van der Waals surface area contributed by atoms with E-state index in [0.717, 1.165) is 36.3 Å². The maximum atomic E-state index is 11.8. The Bertz CT molecular complexity index is 378. The molecule has 1 aromatic carbocycles. The van der Waals surface area contributed by atoms with E-state index in [1.807, 2.05) is 24.3 Å². The molecule has 17 heavy (non-hydrogen) atoms. The lowest BCUT2D eigenvalue weighted by molar-refractivity contribution is -0.120. The topological polar surface area (TPSA) is 49.3 Å². The van der Waals surface area contributed by atoms with Crippen LogP contribution in [0.25, 0.3) is 0 Å². The number of rotatable bonds is 3. The van der Waals surface area contributed by atoms with Crippen molar-refractivity contribution < 1.29 is 9.90 Å². The molecule has 1 saturated heterocycles. The first kappa shape index (κ1) is 12.5. The number of aliphatic hydroxyl groups is 1. The third-order valence-corrected chi connectivity index (χ3v) is 4.15. The summed E-state index contributed by atoms with van der Waals surface area (Å²) in [6.45, 7) is 0.869. The van der Waals surface area contributed by atoms with Crippen molar-refractivity contribution in [2.75, 3.05) is 6.54 Å². The SMILES string of the molecule is O=C1NCCCCC1Sc1ccc(CO)cc1. The number of nitrogens with one attached hydrogen (secondary N) is 1. The fourth-order valence-electron chi connectivity index (χ4n) is 1.86. The molecule has 1 fully saturated rings. The Morgan fingerprint density at radius 1 is 1.29 bits per heavy atom. The third kappa shape index (κ3) is 3.48. The Morgan fingerprint density at radius 3 is 2.76 bits per heavy atom. The lowest BCUT2D eigenvalue weighted by Gasteiger charge is -2.12. The molecule has 92 valence electrons. The molecule has 2 rings (SSSR count). The van der Waals surface area contributed by atoms with Crippen LogP contribution in [0.5, 0.6) is 0 Å². The average Bonchev–Trinajstić information content (AvgIpc) is 2.56. The Morgan fingerprint density at radius 2 is 2.06 bits per heavy atom. The summed E-state index contributed by atoms with van der Waals surface area (Å²) in [6.07, 6.45) is 3.12. The second-order valence-electron chi connectivity index (χ2n) is 4.20. The monoisotopic (exact) mass is 251 g/mol. The first-order valence-corrected chi connectivity index (χ1v) is 6.82. The number of hydrogen-bond donors (Lipinski definition) is 2. The van der Waals surface area contributed by atoms with Crippen LogP contribution in [0, 0.1) is 0 Å². The van der Waals surface area contributed by atoms with E-state index in [4.69, 9.17) is 5.11 Å². The second-order valence-corrected chi connectivity index (χ2v) is 5.47. The minimum Gasteiger partial charge on any atom is -0.392 e. The number of hydrogen-bond acceptors (Lipinski definition) is 3. The van der Waals surface area contributed by atoms with E-state index in [1.54, 1.807) is 11.8 Å². The van der Waals surface area contributed by atoms with Gasteiger partial charge >= 0.3 is 0 Å². The number of amides is 1. The fraction of sp³-hybridized carbons (Fsp3) is 0.462. The smallest absolute Gasteiger partial charge is 0.233 e. The van der Waals surface area contributed by atoms with Gasteiger partial charge in [0.25, 0.3) is 0 Å². The Balaban J connectivity index is 2.00. The molecule has 1 amide bonds. The quantitative estimate of drug-likeness (QED) is 0.863. The molecule has 0 bridgehead atoms. The minimum atomic E-state index is 0.0254. The summed E-state index contributed by atoms with van der Waals surface area (Å²) in [5, 5.41) is 11.9. The van der Waals surface area contributed by atoms with Crippen molar-refractivity contribution in [1.82, 2.24) is 5.32 Å². The van der Waals surface area contributed by atoms with Gasteiger partial charge in [-0.05, 0) is 30.5 Å². The van der Waals surface area contributed by atoms with Gasteiger partial charge in [-0.1, -0.05) is 18.6 Å². The molecule has 1 atom stereocenters. The van der Waals surface area contributed by atoms with E-state index in [0.29, 0.717) is 0 Å². The van der Waals surface area contributed by atoms with Crippen LogP contribution in [0.3, 0.4) is 0 Å². The van der Waals surface area contributed by atoms with Crippen molar-refractivity contribution in [3.8, 4) is 0 Å². The van der Waals surface area contributed by atoms with Crippen LogP contribution in [0.2, 0.25) is 0 Å². The summed E-state index contributed by atoms with van der Waals surface area (Å²) in [5.74, 6) is 0.152. The molecule has 0 radical (unpaired) electrons. The van der Waals surface area contributed by atoms with Crippen molar-refractivity contribution in [3.05, 3.63) is 29.8 Å². The van der Waals surface area contributed by atoms with Crippen LogP contribution in [-0.4, -0.2) is 22.8 Å². The first-order valence-electron chi connectivity index (χ1n) is 5.94. The third-order valence-electron chi connectivity index (χ3n) is 2.87. The second kappa shape index (κ2) is 6.07. The molecule has 3 nitrogen and oxygen atoms in total.